The fourth-order valence-corrected chi connectivity index (χ4v) is 4.08. The summed E-state index contributed by atoms with van der Waals surface area (Å²) < 4.78 is 8.39. The summed E-state index contributed by atoms with van der Waals surface area (Å²) in [5.41, 5.74) is 2.13. The van der Waals surface area contributed by atoms with Crippen LogP contribution in [0.5, 0.6) is 5.75 Å². The van der Waals surface area contributed by atoms with E-state index in [0.29, 0.717) is 24.0 Å². The molecule has 0 atom stereocenters. The van der Waals surface area contributed by atoms with E-state index in [1.807, 2.05) is 59.4 Å². The zero-order valence-electron chi connectivity index (χ0n) is 17.1. The molecule has 0 N–H and O–H groups in total. The van der Waals surface area contributed by atoms with Crippen LogP contribution in [0.4, 0.5) is 5.13 Å². The molecule has 0 aliphatic heterocycles. The van der Waals surface area contributed by atoms with Gasteiger partial charge in [0.2, 0.25) is 0 Å². The lowest BCUT2D eigenvalue weighted by Crippen LogP contribution is -2.34. The van der Waals surface area contributed by atoms with E-state index in [2.05, 4.69) is 10.00 Å². The molecule has 7 nitrogen and oxygen atoms in total. The average molecular weight is 402 g/mol. The molecule has 0 aliphatic carbocycles. The third-order valence-corrected chi connectivity index (χ3v) is 5.39. The van der Waals surface area contributed by atoms with Crippen molar-refractivity contribution >= 4 is 32.6 Å². The monoisotopic (exact) mass is 401 g/mol. The predicted octanol–water partition coefficient (Wildman–Crippen LogP) is 3.34. The maximum Gasteiger partial charge on any atom is 0.280 e. The molecule has 3 aromatic rings. The van der Waals surface area contributed by atoms with Crippen LogP contribution in [0.1, 0.15) is 29.4 Å². The maximum atomic E-state index is 13.3. The smallest absolute Gasteiger partial charge is 0.280 e. The number of rotatable bonds is 8. The number of ether oxygens (including phenoxy) is 1. The summed E-state index contributed by atoms with van der Waals surface area (Å²) in [6.45, 7) is 5.90. The third kappa shape index (κ3) is 4.34. The number of fused-ring (bicyclic) bond motifs is 1. The molecule has 0 spiro atoms. The number of para-hydroxylation sites is 1. The number of nitrogens with zero attached hydrogens (tertiary/aromatic N) is 5. The Balaban J connectivity index is 1.98. The first kappa shape index (κ1) is 20.3. The van der Waals surface area contributed by atoms with E-state index in [9.17, 15) is 4.79 Å². The fraction of sp³-hybridized carbons (Fsp3) is 0.450. The number of thiazole rings is 1. The van der Waals surface area contributed by atoms with Crippen molar-refractivity contribution in [2.75, 3.05) is 38.7 Å². The lowest BCUT2D eigenvalue weighted by atomic mass is 10.2. The van der Waals surface area contributed by atoms with Crippen LogP contribution < -0.4 is 9.64 Å². The van der Waals surface area contributed by atoms with Crippen LogP contribution in [0.2, 0.25) is 0 Å². The van der Waals surface area contributed by atoms with Crippen molar-refractivity contribution in [1.82, 2.24) is 19.7 Å². The van der Waals surface area contributed by atoms with E-state index < -0.39 is 0 Å². The first-order valence-electron chi connectivity index (χ1n) is 9.40. The first-order valence-corrected chi connectivity index (χ1v) is 10.2. The normalized spacial score (nSPS) is 11.4. The van der Waals surface area contributed by atoms with Gasteiger partial charge in [-0.1, -0.05) is 17.4 Å². The fourth-order valence-electron chi connectivity index (χ4n) is 3.07. The van der Waals surface area contributed by atoms with Crippen LogP contribution in [-0.4, -0.2) is 59.4 Å². The summed E-state index contributed by atoms with van der Waals surface area (Å²) in [7, 11) is 5.88. The van der Waals surface area contributed by atoms with E-state index >= 15 is 0 Å². The van der Waals surface area contributed by atoms with Crippen molar-refractivity contribution in [2.24, 2.45) is 7.05 Å². The van der Waals surface area contributed by atoms with Gasteiger partial charge < -0.3 is 9.64 Å². The molecule has 0 bridgehead atoms. The van der Waals surface area contributed by atoms with Gasteiger partial charge in [-0.15, -0.1) is 0 Å². The molecule has 8 heteroatoms. The van der Waals surface area contributed by atoms with E-state index in [4.69, 9.17) is 9.72 Å². The quantitative estimate of drug-likeness (QED) is 0.579. The number of aromatic nitrogens is 3. The zero-order valence-corrected chi connectivity index (χ0v) is 17.9. The summed E-state index contributed by atoms with van der Waals surface area (Å²) in [6.07, 6.45) is 2.70. The maximum absolute atomic E-state index is 13.3. The second kappa shape index (κ2) is 8.70. The minimum atomic E-state index is -0.117. The number of carbonyl (C=O) groups excluding carboxylic acids is 1. The van der Waals surface area contributed by atoms with Crippen LogP contribution in [0.25, 0.3) is 10.2 Å². The van der Waals surface area contributed by atoms with Crippen molar-refractivity contribution in [1.29, 1.82) is 0 Å². The SMILES string of the molecule is CCOc1cccc2sc(N(CCCN(C)C)C(=O)c3nn(C)cc3C)nc12. The van der Waals surface area contributed by atoms with E-state index in [0.717, 1.165) is 34.5 Å². The van der Waals surface area contributed by atoms with Crippen LogP contribution in [-0.2, 0) is 7.05 Å². The molecule has 0 saturated carbocycles. The number of carbonyl (C=O) groups is 1. The molecule has 1 amide bonds. The topological polar surface area (TPSA) is 63.5 Å². The molecule has 28 heavy (non-hydrogen) atoms. The Morgan fingerprint density at radius 3 is 2.71 bits per heavy atom. The minimum absolute atomic E-state index is 0.117. The minimum Gasteiger partial charge on any atom is -0.492 e. The van der Waals surface area contributed by atoms with Gasteiger partial charge in [-0.2, -0.15) is 5.10 Å². The van der Waals surface area contributed by atoms with Crippen LogP contribution >= 0.6 is 11.3 Å². The Kier molecular flexibility index (Phi) is 6.31. The lowest BCUT2D eigenvalue weighted by Gasteiger charge is -2.20. The van der Waals surface area contributed by atoms with E-state index in [-0.39, 0.29) is 5.91 Å². The summed E-state index contributed by atoms with van der Waals surface area (Å²) in [4.78, 5) is 21.9. The zero-order chi connectivity index (χ0) is 20.3. The van der Waals surface area contributed by atoms with Crippen molar-refractivity contribution in [3.05, 3.63) is 35.7 Å². The second-order valence-electron chi connectivity index (χ2n) is 6.98. The molecular formula is C20H27N5O2S. The molecule has 0 aliphatic rings. The standard InChI is InChI=1S/C20H27N5O2S/c1-6-27-15-9-7-10-16-18(15)21-20(28-16)25(12-8-11-23(3)4)19(26)17-14(2)13-24(5)22-17/h7,9-10,13H,6,8,11-12H2,1-5H3. The number of hydrogen-bond donors (Lipinski definition) is 0. The number of hydrogen-bond acceptors (Lipinski definition) is 6. The van der Waals surface area contributed by atoms with Crippen molar-refractivity contribution in [3.8, 4) is 5.75 Å². The molecule has 150 valence electrons. The molecular weight excluding hydrogens is 374 g/mol. The van der Waals surface area contributed by atoms with Gasteiger partial charge in [0, 0.05) is 25.4 Å². The van der Waals surface area contributed by atoms with Gasteiger partial charge in [0.15, 0.2) is 10.8 Å². The number of aryl methyl sites for hydroxylation is 2. The van der Waals surface area contributed by atoms with Crippen LogP contribution in [0.3, 0.4) is 0 Å². The highest BCUT2D eigenvalue weighted by Gasteiger charge is 2.25. The Morgan fingerprint density at radius 1 is 1.29 bits per heavy atom. The van der Waals surface area contributed by atoms with Gasteiger partial charge >= 0.3 is 0 Å². The van der Waals surface area contributed by atoms with Crippen molar-refractivity contribution < 1.29 is 9.53 Å². The highest BCUT2D eigenvalue weighted by Crippen LogP contribution is 2.35. The summed E-state index contributed by atoms with van der Waals surface area (Å²) >= 11 is 1.51. The summed E-state index contributed by atoms with van der Waals surface area (Å²) in [5.74, 6) is 0.631. The van der Waals surface area contributed by atoms with Gasteiger partial charge in [0.1, 0.15) is 11.3 Å². The molecule has 0 radical (unpaired) electrons. The Hall–Kier alpha value is -2.45. The van der Waals surface area contributed by atoms with E-state index in [1.165, 1.54) is 11.3 Å². The number of benzene rings is 1. The summed E-state index contributed by atoms with van der Waals surface area (Å²) in [6, 6.07) is 5.88. The van der Waals surface area contributed by atoms with Gasteiger partial charge in [0.05, 0.1) is 11.3 Å². The van der Waals surface area contributed by atoms with Gasteiger partial charge in [-0.25, -0.2) is 4.98 Å². The predicted molar refractivity (Wildman–Crippen MR) is 114 cm³/mol. The number of amides is 1. The van der Waals surface area contributed by atoms with Crippen molar-refractivity contribution in [3.63, 3.8) is 0 Å². The van der Waals surface area contributed by atoms with Gasteiger partial charge in [-0.3, -0.25) is 14.4 Å². The summed E-state index contributed by atoms with van der Waals surface area (Å²) in [5, 5.41) is 5.04. The molecule has 0 unspecified atom stereocenters. The molecule has 0 saturated heterocycles. The molecule has 3 rings (SSSR count). The molecule has 2 aromatic heterocycles. The molecule has 2 heterocycles. The largest absolute Gasteiger partial charge is 0.492 e. The highest BCUT2D eigenvalue weighted by atomic mass is 32.1. The Morgan fingerprint density at radius 2 is 2.07 bits per heavy atom. The Bertz CT molecular complexity index is 963. The Labute approximate surface area is 169 Å². The van der Waals surface area contributed by atoms with Gasteiger partial charge in [-0.05, 0) is 53.0 Å². The highest BCUT2D eigenvalue weighted by molar-refractivity contribution is 7.22. The van der Waals surface area contributed by atoms with Crippen molar-refractivity contribution in [2.45, 2.75) is 20.3 Å². The molecule has 0 fully saturated rings. The van der Waals surface area contributed by atoms with E-state index in [1.54, 1.807) is 9.58 Å². The molecule has 1 aromatic carbocycles. The van der Waals surface area contributed by atoms with Crippen LogP contribution in [0.15, 0.2) is 24.4 Å². The van der Waals surface area contributed by atoms with Gasteiger partial charge in [0.25, 0.3) is 5.91 Å². The first-order chi connectivity index (χ1) is 13.4. The third-order valence-electron chi connectivity index (χ3n) is 4.35. The number of anilines is 1. The average Bonchev–Trinajstić information content (AvgIpc) is 3.21. The second-order valence-corrected chi connectivity index (χ2v) is 7.99. The van der Waals surface area contributed by atoms with Crippen LogP contribution in [0, 0.1) is 6.92 Å². The lowest BCUT2D eigenvalue weighted by molar-refractivity contribution is 0.0980.